The highest BCUT2D eigenvalue weighted by molar-refractivity contribution is 6.07. The summed E-state index contributed by atoms with van der Waals surface area (Å²) in [6.07, 6.45) is 0. The molecule has 0 atom stereocenters. The first-order valence-electron chi connectivity index (χ1n) is 15.0. The molecule has 0 saturated carbocycles. The van der Waals surface area contributed by atoms with E-state index >= 15 is 0 Å². The van der Waals surface area contributed by atoms with Crippen molar-refractivity contribution in [3.8, 4) is 11.1 Å². The average Bonchev–Trinajstić information content (AvgIpc) is 3.46. The topological polar surface area (TPSA) is 16.4 Å². The molecular formula is C42H27NO. The summed E-state index contributed by atoms with van der Waals surface area (Å²) >= 11 is 0. The molecule has 0 radical (unpaired) electrons. The third-order valence-corrected chi connectivity index (χ3v) is 8.79. The molecule has 0 spiro atoms. The zero-order valence-electron chi connectivity index (χ0n) is 23.9. The number of anilines is 3. The Morgan fingerprint density at radius 3 is 1.73 bits per heavy atom. The van der Waals surface area contributed by atoms with Crippen LogP contribution in [0.5, 0.6) is 0 Å². The maximum absolute atomic E-state index is 6.19. The Morgan fingerprint density at radius 1 is 0.341 bits per heavy atom. The van der Waals surface area contributed by atoms with Gasteiger partial charge < -0.3 is 9.32 Å². The smallest absolute Gasteiger partial charge is 0.135 e. The monoisotopic (exact) mass is 561 g/mol. The van der Waals surface area contributed by atoms with Crippen LogP contribution in [-0.4, -0.2) is 0 Å². The van der Waals surface area contributed by atoms with Crippen molar-refractivity contribution >= 4 is 71.3 Å². The number of hydrogen-bond acceptors (Lipinski definition) is 2. The molecule has 0 N–H and O–H groups in total. The maximum atomic E-state index is 6.19. The van der Waals surface area contributed by atoms with Gasteiger partial charge in [0.15, 0.2) is 0 Å². The Hall–Kier alpha value is -5.86. The molecule has 0 bridgehead atoms. The summed E-state index contributed by atoms with van der Waals surface area (Å²) in [6.45, 7) is 0. The third-order valence-electron chi connectivity index (χ3n) is 8.79. The predicted molar refractivity (Wildman–Crippen MR) is 186 cm³/mol. The number of furan rings is 1. The minimum atomic E-state index is 0.894. The Kier molecular flexibility index (Phi) is 5.54. The zero-order chi connectivity index (χ0) is 29.0. The molecule has 0 amide bonds. The Balaban J connectivity index is 1.27. The van der Waals surface area contributed by atoms with Crippen molar-refractivity contribution in [1.82, 2.24) is 0 Å². The van der Waals surface area contributed by atoms with Crippen molar-refractivity contribution in [2.45, 2.75) is 0 Å². The number of fused-ring (bicyclic) bond motifs is 6. The van der Waals surface area contributed by atoms with Crippen LogP contribution in [0.1, 0.15) is 0 Å². The lowest BCUT2D eigenvalue weighted by Gasteiger charge is -2.26. The first kappa shape index (κ1) is 24.7. The van der Waals surface area contributed by atoms with Gasteiger partial charge in [-0.1, -0.05) is 109 Å². The fourth-order valence-electron chi connectivity index (χ4n) is 6.62. The van der Waals surface area contributed by atoms with Crippen LogP contribution in [0.25, 0.3) is 65.4 Å². The largest absolute Gasteiger partial charge is 0.456 e. The van der Waals surface area contributed by atoms with Crippen molar-refractivity contribution in [1.29, 1.82) is 0 Å². The van der Waals surface area contributed by atoms with E-state index in [2.05, 4.69) is 157 Å². The van der Waals surface area contributed by atoms with Gasteiger partial charge in [-0.15, -0.1) is 0 Å². The van der Waals surface area contributed by atoms with E-state index in [0.29, 0.717) is 0 Å². The molecule has 1 heterocycles. The van der Waals surface area contributed by atoms with Crippen molar-refractivity contribution in [3.63, 3.8) is 0 Å². The molecule has 8 aromatic carbocycles. The second kappa shape index (κ2) is 9.86. The van der Waals surface area contributed by atoms with E-state index in [1.807, 2.05) is 12.1 Å². The van der Waals surface area contributed by atoms with E-state index in [4.69, 9.17) is 4.42 Å². The molecule has 0 aliphatic heterocycles. The molecular weight excluding hydrogens is 534 g/mol. The van der Waals surface area contributed by atoms with Crippen molar-refractivity contribution < 1.29 is 4.42 Å². The Labute approximate surface area is 255 Å². The highest BCUT2D eigenvalue weighted by atomic mass is 16.3. The molecule has 206 valence electrons. The molecule has 44 heavy (non-hydrogen) atoms. The van der Waals surface area contributed by atoms with Crippen molar-refractivity contribution in [2.75, 3.05) is 4.90 Å². The van der Waals surface area contributed by atoms with E-state index in [1.54, 1.807) is 0 Å². The van der Waals surface area contributed by atoms with Gasteiger partial charge in [-0.05, 0) is 98.0 Å². The molecule has 0 aliphatic rings. The van der Waals surface area contributed by atoms with Crippen molar-refractivity contribution in [3.05, 3.63) is 164 Å². The van der Waals surface area contributed by atoms with Crippen molar-refractivity contribution in [2.24, 2.45) is 0 Å². The van der Waals surface area contributed by atoms with Crippen LogP contribution in [0, 0.1) is 0 Å². The van der Waals surface area contributed by atoms with Crippen LogP contribution < -0.4 is 4.90 Å². The molecule has 9 rings (SSSR count). The second-order valence-corrected chi connectivity index (χ2v) is 11.4. The fourth-order valence-corrected chi connectivity index (χ4v) is 6.62. The van der Waals surface area contributed by atoms with E-state index in [9.17, 15) is 0 Å². The standard InChI is InChI=1S/C42H27NO/c1-3-10-31-24-33(17-16-28(31)8-1)37-14-7-12-30-19-21-35(26-39(30)37)43(34-20-18-29-9-2-4-11-32(29)25-34)36-22-23-42-40(27-36)38-13-5-6-15-41(38)44-42/h1-27H. The van der Waals surface area contributed by atoms with Crippen LogP contribution >= 0.6 is 0 Å². The van der Waals surface area contributed by atoms with E-state index in [-0.39, 0.29) is 0 Å². The van der Waals surface area contributed by atoms with Crippen LogP contribution in [-0.2, 0) is 0 Å². The van der Waals surface area contributed by atoms with Gasteiger partial charge in [0.1, 0.15) is 11.2 Å². The normalized spacial score (nSPS) is 11.6. The molecule has 0 fully saturated rings. The predicted octanol–water partition coefficient (Wildman–Crippen LogP) is 12.2. The van der Waals surface area contributed by atoms with Gasteiger partial charge in [-0.3, -0.25) is 0 Å². The Morgan fingerprint density at radius 2 is 0.909 bits per heavy atom. The average molecular weight is 562 g/mol. The number of para-hydroxylation sites is 1. The van der Waals surface area contributed by atoms with Crippen LogP contribution in [0.4, 0.5) is 17.1 Å². The van der Waals surface area contributed by atoms with Gasteiger partial charge in [-0.25, -0.2) is 0 Å². The summed E-state index contributed by atoms with van der Waals surface area (Å²) in [6, 6.07) is 58.8. The number of rotatable bonds is 4. The van der Waals surface area contributed by atoms with Gasteiger partial charge in [0.2, 0.25) is 0 Å². The first-order valence-corrected chi connectivity index (χ1v) is 15.0. The van der Waals surface area contributed by atoms with E-state index in [1.165, 1.54) is 43.4 Å². The zero-order valence-corrected chi connectivity index (χ0v) is 23.9. The second-order valence-electron chi connectivity index (χ2n) is 11.4. The van der Waals surface area contributed by atoms with Gasteiger partial charge in [-0.2, -0.15) is 0 Å². The summed E-state index contributed by atoms with van der Waals surface area (Å²) in [7, 11) is 0. The highest BCUT2D eigenvalue weighted by Gasteiger charge is 2.17. The molecule has 9 aromatic rings. The summed E-state index contributed by atoms with van der Waals surface area (Å²) in [5.41, 5.74) is 7.54. The lowest BCUT2D eigenvalue weighted by Crippen LogP contribution is -2.10. The number of nitrogens with zero attached hydrogens (tertiary/aromatic N) is 1. The molecule has 0 saturated heterocycles. The molecule has 2 heteroatoms. The molecule has 0 aliphatic carbocycles. The van der Waals surface area contributed by atoms with Gasteiger partial charge in [0.05, 0.1) is 0 Å². The number of hydrogen-bond donors (Lipinski definition) is 0. The first-order chi connectivity index (χ1) is 21.8. The lowest BCUT2D eigenvalue weighted by molar-refractivity contribution is 0.669. The third kappa shape index (κ3) is 4.04. The summed E-state index contributed by atoms with van der Waals surface area (Å²) in [5, 5.41) is 9.61. The minimum Gasteiger partial charge on any atom is -0.456 e. The van der Waals surface area contributed by atoms with Crippen LogP contribution in [0.3, 0.4) is 0 Å². The summed E-state index contributed by atoms with van der Waals surface area (Å²) in [4.78, 5) is 2.37. The Bertz CT molecular complexity index is 2520. The van der Waals surface area contributed by atoms with Crippen LogP contribution in [0.2, 0.25) is 0 Å². The quantitative estimate of drug-likeness (QED) is 0.212. The van der Waals surface area contributed by atoms with Gasteiger partial charge in [0, 0.05) is 27.8 Å². The summed E-state index contributed by atoms with van der Waals surface area (Å²) in [5.74, 6) is 0. The molecule has 0 unspecified atom stereocenters. The lowest BCUT2D eigenvalue weighted by atomic mass is 9.95. The summed E-state index contributed by atoms with van der Waals surface area (Å²) < 4.78 is 6.19. The highest BCUT2D eigenvalue weighted by Crippen LogP contribution is 2.41. The molecule has 2 nitrogen and oxygen atoms in total. The minimum absolute atomic E-state index is 0.894. The fraction of sp³-hybridized carbons (Fsp3) is 0. The van der Waals surface area contributed by atoms with Crippen LogP contribution in [0.15, 0.2) is 168 Å². The maximum Gasteiger partial charge on any atom is 0.135 e. The van der Waals surface area contributed by atoms with E-state index < -0.39 is 0 Å². The molecule has 1 aromatic heterocycles. The SMILES string of the molecule is c1ccc2cc(-c3cccc4ccc(N(c5ccc6ccccc6c5)c5ccc6oc7ccccc7c6c5)cc34)ccc2c1. The number of benzene rings is 8. The van der Waals surface area contributed by atoms with E-state index in [0.717, 1.165) is 39.0 Å². The van der Waals surface area contributed by atoms with Gasteiger partial charge in [0.25, 0.3) is 0 Å². The van der Waals surface area contributed by atoms with Gasteiger partial charge >= 0.3 is 0 Å².